The van der Waals surface area contributed by atoms with Crippen LogP contribution in [0, 0.1) is 0 Å². The molecule has 106 valence electrons. The van der Waals surface area contributed by atoms with Crippen molar-refractivity contribution >= 4 is 22.8 Å². The molecule has 1 heterocycles. The molecule has 3 rings (SSSR count). The van der Waals surface area contributed by atoms with Gasteiger partial charge < -0.3 is 5.32 Å². The first-order valence-corrected chi connectivity index (χ1v) is 7.85. The van der Waals surface area contributed by atoms with E-state index in [0.717, 1.165) is 23.3 Å². The fraction of sp³-hybridized carbons (Fsp3) is 0.176. The maximum atomic E-state index is 12.1. The van der Waals surface area contributed by atoms with Crippen molar-refractivity contribution in [3.63, 3.8) is 0 Å². The van der Waals surface area contributed by atoms with Crippen LogP contribution >= 0.6 is 11.8 Å². The van der Waals surface area contributed by atoms with E-state index in [4.69, 9.17) is 0 Å². The summed E-state index contributed by atoms with van der Waals surface area (Å²) in [4.78, 5) is 23.6. The zero-order valence-corrected chi connectivity index (χ0v) is 12.2. The average molecular weight is 297 g/mol. The number of hydrogen-bond donors (Lipinski definition) is 1. The minimum Gasteiger partial charge on any atom is -0.341 e. The van der Waals surface area contributed by atoms with E-state index in [-0.39, 0.29) is 17.1 Å². The molecule has 2 aromatic rings. The van der Waals surface area contributed by atoms with Crippen LogP contribution in [0.4, 0.5) is 0 Å². The van der Waals surface area contributed by atoms with Gasteiger partial charge in [-0.25, -0.2) is 0 Å². The number of nitrogens with one attached hydrogen (secondary N) is 1. The van der Waals surface area contributed by atoms with Gasteiger partial charge in [0.1, 0.15) is 0 Å². The summed E-state index contributed by atoms with van der Waals surface area (Å²) in [5, 5.41) is 2.85. The predicted octanol–water partition coefficient (Wildman–Crippen LogP) is 3.12. The van der Waals surface area contributed by atoms with Crippen molar-refractivity contribution in [3.8, 4) is 11.1 Å². The molecule has 0 aliphatic carbocycles. The first-order valence-electron chi connectivity index (χ1n) is 6.87. The van der Waals surface area contributed by atoms with Gasteiger partial charge in [-0.1, -0.05) is 54.2 Å². The minimum absolute atomic E-state index is 0.0595. The summed E-state index contributed by atoms with van der Waals surface area (Å²) < 4.78 is 0. The Morgan fingerprint density at radius 1 is 1.00 bits per heavy atom. The summed E-state index contributed by atoms with van der Waals surface area (Å²) >= 11 is 1.29. The van der Waals surface area contributed by atoms with Gasteiger partial charge in [0.25, 0.3) is 5.91 Å². The van der Waals surface area contributed by atoms with Gasteiger partial charge in [-0.3, -0.25) is 9.59 Å². The molecule has 1 amide bonds. The van der Waals surface area contributed by atoms with E-state index in [9.17, 15) is 9.59 Å². The molecular weight excluding hydrogens is 282 g/mol. The molecule has 0 saturated carbocycles. The lowest BCUT2D eigenvalue weighted by Crippen LogP contribution is -2.37. The summed E-state index contributed by atoms with van der Waals surface area (Å²) in [5.41, 5.74) is 2.77. The average Bonchev–Trinajstić information content (AvgIpc) is 2.93. The molecular formula is C17H15NO2S. The zero-order chi connectivity index (χ0) is 14.7. The minimum atomic E-state index is -0.337. The summed E-state index contributed by atoms with van der Waals surface area (Å²) in [5.74, 6) is 0.604. The Labute approximate surface area is 127 Å². The van der Waals surface area contributed by atoms with Gasteiger partial charge in [-0.15, -0.1) is 0 Å². The molecule has 1 fully saturated rings. The van der Waals surface area contributed by atoms with Gasteiger partial charge in [0, 0.05) is 11.3 Å². The fourth-order valence-corrected chi connectivity index (χ4v) is 3.25. The van der Waals surface area contributed by atoms with Crippen molar-refractivity contribution in [1.29, 1.82) is 0 Å². The van der Waals surface area contributed by atoms with Gasteiger partial charge in [0.2, 0.25) is 5.12 Å². The molecule has 1 N–H and O–H groups in total. The number of carbonyl (C=O) groups is 2. The first kappa shape index (κ1) is 13.9. The van der Waals surface area contributed by atoms with Crippen LogP contribution in [0.3, 0.4) is 0 Å². The monoisotopic (exact) mass is 297 g/mol. The van der Waals surface area contributed by atoms with E-state index in [1.54, 1.807) is 12.1 Å². The first-order chi connectivity index (χ1) is 10.2. The standard InChI is InChI=1S/C17H15NO2S/c19-16(18-15-10-11-21-17(15)20)14-8-6-13(7-9-14)12-4-2-1-3-5-12/h1-9,15H,10-11H2,(H,18,19). The van der Waals surface area contributed by atoms with Crippen LogP contribution in [0.5, 0.6) is 0 Å². The third-order valence-electron chi connectivity index (χ3n) is 3.49. The van der Waals surface area contributed by atoms with Crippen LogP contribution in [-0.2, 0) is 4.79 Å². The highest BCUT2D eigenvalue weighted by Gasteiger charge is 2.26. The zero-order valence-electron chi connectivity index (χ0n) is 11.4. The number of rotatable bonds is 3. The largest absolute Gasteiger partial charge is 0.341 e. The van der Waals surface area contributed by atoms with Crippen molar-refractivity contribution < 1.29 is 9.59 Å². The molecule has 1 unspecified atom stereocenters. The second kappa shape index (κ2) is 6.14. The van der Waals surface area contributed by atoms with Gasteiger partial charge in [-0.05, 0) is 29.7 Å². The van der Waals surface area contributed by atoms with E-state index in [0.29, 0.717) is 5.56 Å². The Kier molecular flexibility index (Phi) is 4.06. The van der Waals surface area contributed by atoms with Crippen LogP contribution in [-0.4, -0.2) is 22.8 Å². The number of benzene rings is 2. The fourth-order valence-electron chi connectivity index (χ4n) is 2.31. The summed E-state index contributed by atoms with van der Waals surface area (Å²) in [7, 11) is 0. The lowest BCUT2D eigenvalue weighted by molar-refractivity contribution is -0.112. The molecule has 1 aliphatic heterocycles. The molecule has 1 atom stereocenters. The van der Waals surface area contributed by atoms with Crippen LogP contribution in [0.25, 0.3) is 11.1 Å². The molecule has 4 heteroatoms. The van der Waals surface area contributed by atoms with E-state index >= 15 is 0 Å². The number of thioether (sulfide) groups is 1. The lowest BCUT2D eigenvalue weighted by Gasteiger charge is -2.10. The van der Waals surface area contributed by atoms with Crippen LogP contribution in [0.1, 0.15) is 16.8 Å². The second-order valence-corrected chi connectivity index (χ2v) is 6.02. The molecule has 0 radical (unpaired) electrons. The molecule has 1 aliphatic rings. The topological polar surface area (TPSA) is 46.2 Å². The maximum absolute atomic E-state index is 12.1. The summed E-state index contributed by atoms with van der Waals surface area (Å²) in [6.07, 6.45) is 0.720. The molecule has 0 bridgehead atoms. The third kappa shape index (κ3) is 3.16. The molecule has 2 aromatic carbocycles. The molecule has 21 heavy (non-hydrogen) atoms. The Morgan fingerprint density at radius 3 is 2.29 bits per heavy atom. The van der Waals surface area contributed by atoms with Crippen LogP contribution in [0.2, 0.25) is 0 Å². The number of carbonyl (C=O) groups excluding carboxylic acids is 2. The molecule has 3 nitrogen and oxygen atoms in total. The van der Waals surface area contributed by atoms with Crippen LogP contribution in [0.15, 0.2) is 54.6 Å². The van der Waals surface area contributed by atoms with Crippen molar-refractivity contribution in [2.75, 3.05) is 5.75 Å². The maximum Gasteiger partial charge on any atom is 0.251 e. The number of hydrogen-bond acceptors (Lipinski definition) is 3. The normalized spacial score (nSPS) is 17.7. The van der Waals surface area contributed by atoms with Crippen molar-refractivity contribution in [2.24, 2.45) is 0 Å². The molecule has 0 aromatic heterocycles. The van der Waals surface area contributed by atoms with E-state index in [1.807, 2.05) is 42.5 Å². The van der Waals surface area contributed by atoms with Gasteiger partial charge >= 0.3 is 0 Å². The van der Waals surface area contributed by atoms with Crippen LogP contribution < -0.4 is 5.32 Å². The Morgan fingerprint density at radius 2 is 1.67 bits per heavy atom. The third-order valence-corrected chi connectivity index (χ3v) is 4.50. The van der Waals surface area contributed by atoms with E-state index < -0.39 is 0 Å². The second-order valence-electron chi connectivity index (χ2n) is 4.93. The Bertz CT molecular complexity index is 652. The Balaban J connectivity index is 1.72. The van der Waals surface area contributed by atoms with E-state index in [1.165, 1.54) is 11.8 Å². The highest BCUT2D eigenvalue weighted by Crippen LogP contribution is 2.21. The predicted molar refractivity (Wildman–Crippen MR) is 85.2 cm³/mol. The van der Waals surface area contributed by atoms with Crippen molar-refractivity contribution in [3.05, 3.63) is 60.2 Å². The van der Waals surface area contributed by atoms with Crippen molar-refractivity contribution in [2.45, 2.75) is 12.5 Å². The van der Waals surface area contributed by atoms with Gasteiger partial charge in [0.05, 0.1) is 6.04 Å². The molecule has 0 spiro atoms. The molecule has 1 saturated heterocycles. The Hall–Kier alpha value is -2.07. The lowest BCUT2D eigenvalue weighted by atomic mass is 10.0. The quantitative estimate of drug-likeness (QED) is 0.947. The van der Waals surface area contributed by atoms with E-state index in [2.05, 4.69) is 5.32 Å². The summed E-state index contributed by atoms with van der Waals surface area (Å²) in [6, 6.07) is 17.1. The summed E-state index contributed by atoms with van der Waals surface area (Å²) in [6.45, 7) is 0. The highest BCUT2D eigenvalue weighted by molar-refractivity contribution is 8.14. The number of amides is 1. The van der Waals surface area contributed by atoms with Gasteiger partial charge in [0.15, 0.2) is 0 Å². The highest BCUT2D eigenvalue weighted by atomic mass is 32.2. The van der Waals surface area contributed by atoms with Gasteiger partial charge in [-0.2, -0.15) is 0 Å². The smallest absolute Gasteiger partial charge is 0.251 e. The SMILES string of the molecule is O=C(NC1CCSC1=O)c1ccc(-c2ccccc2)cc1. The van der Waals surface area contributed by atoms with Crippen molar-refractivity contribution in [1.82, 2.24) is 5.32 Å².